The molecule has 0 bridgehead atoms. The van der Waals surface area contributed by atoms with Crippen LogP contribution in [0.2, 0.25) is 0 Å². The SMILES string of the molecule is CC(CCN)C(=O)N(C)CCC(C)(C)C. The van der Waals surface area contributed by atoms with Crippen molar-refractivity contribution in [1.29, 1.82) is 0 Å². The van der Waals surface area contributed by atoms with Crippen molar-refractivity contribution in [3.8, 4) is 0 Å². The number of carbonyl (C=O) groups is 1. The molecule has 0 rings (SSSR count). The van der Waals surface area contributed by atoms with Crippen LogP contribution in [0.3, 0.4) is 0 Å². The monoisotopic (exact) mass is 214 g/mol. The molecule has 0 aromatic carbocycles. The Kier molecular flexibility index (Phi) is 5.88. The molecule has 0 aliphatic heterocycles. The standard InChI is InChI=1S/C12H26N2O/c1-10(6-8-13)11(15)14(5)9-7-12(2,3)4/h10H,6-9,13H2,1-5H3. The highest BCUT2D eigenvalue weighted by Gasteiger charge is 2.18. The molecule has 90 valence electrons. The van der Waals surface area contributed by atoms with E-state index < -0.39 is 0 Å². The fraction of sp³-hybridized carbons (Fsp3) is 0.917. The second kappa shape index (κ2) is 6.11. The van der Waals surface area contributed by atoms with Gasteiger partial charge in [0.25, 0.3) is 0 Å². The fourth-order valence-corrected chi connectivity index (χ4v) is 1.36. The number of nitrogens with zero attached hydrogens (tertiary/aromatic N) is 1. The Balaban J connectivity index is 3.99. The lowest BCUT2D eigenvalue weighted by Crippen LogP contribution is -2.34. The Labute approximate surface area is 94.0 Å². The molecule has 15 heavy (non-hydrogen) atoms. The van der Waals surface area contributed by atoms with Crippen LogP contribution < -0.4 is 5.73 Å². The number of hydrogen-bond acceptors (Lipinski definition) is 2. The van der Waals surface area contributed by atoms with E-state index in [0.29, 0.717) is 6.54 Å². The molecule has 0 aromatic heterocycles. The van der Waals surface area contributed by atoms with E-state index in [9.17, 15) is 4.79 Å². The van der Waals surface area contributed by atoms with E-state index in [1.54, 1.807) is 0 Å². The summed E-state index contributed by atoms with van der Waals surface area (Å²) < 4.78 is 0. The van der Waals surface area contributed by atoms with E-state index in [1.807, 2.05) is 18.9 Å². The molecule has 0 saturated heterocycles. The molecule has 0 saturated carbocycles. The van der Waals surface area contributed by atoms with Gasteiger partial charge in [0, 0.05) is 19.5 Å². The van der Waals surface area contributed by atoms with Crippen molar-refractivity contribution < 1.29 is 4.79 Å². The Bertz CT molecular complexity index is 196. The van der Waals surface area contributed by atoms with Crippen LogP contribution in [-0.4, -0.2) is 30.9 Å². The van der Waals surface area contributed by atoms with Gasteiger partial charge in [0.2, 0.25) is 5.91 Å². The smallest absolute Gasteiger partial charge is 0.225 e. The second-order valence-electron chi connectivity index (χ2n) is 5.55. The van der Waals surface area contributed by atoms with Crippen LogP contribution in [0.1, 0.15) is 40.5 Å². The zero-order chi connectivity index (χ0) is 12.1. The highest BCUT2D eigenvalue weighted by atomic mass is 16.2. The van der Waals surface area contributed by atoms with E-state index in [-0.39, 0.29) is 17.2 Å². The number of rotatable bonds is 5. The zero-order valence-corrected chi connectivity index (χ0v) is 10.8. The molecule has 0 aliphatic rings. The molecule has 3 nitrogen and oxygen atoms in total. The molecule has 3 heteroatoms. The summed E-state index contributed by atoms with van der Waals surface area (Å²) in [5.41, 5.74) is 5.72. The van der Waals surface area contributed by atoms with E-state index >= 15 is 0 Å². The van der Waals surface area contributed by atoms with Crippen molar-refractivity contribution >= 4 is 5.91 Å². The summed E-state index contributed by atoms with van der Waals surface area (Å²) in [5, 5.41) is 0. The van der Waals surface area contributed by atoms with Crippen LogP contribution in [0.5, 0.6) is 0 Å². The molecule has 0 radical (unpaired) electrons. The largest absolute Gasteiger partial charge is 0.346 e. The van der Waals surface area contributed by atoms with Gasteiger partial charge in [0.15, 0.2) is 0 Å². The molecule has 2 N–H and O–H groups in total. The summed E-state index contributed by atoms with van der Waals surface area (Å²) in [4.78, 5) is 13.6. The molecule has 0 fully saturated rings. The van der Waals surface area contributed by atoms with Crippen LogP contribution in [0.15, 0.2) is 0 Å². The molecule has 1 unspecified atom stereocenters. The van der Waals surface area contributed by atoms with Gasteiger partial charge in [0.1, 0.15) is 0 Å². The lowest BCUT2D eigenvalue weighted by atomic mass is 9.92. The summed E-state index contributed by atoms with van der Waals surface area (Å²) >= 11 is 0. The number of nitrogens with two attached hydrogens (primary N) is 1. The minimum Gasteiger partial charge on any atom is -0.346 e. The van der Waals surface area contributed by atoms with Gasteiger partial charge in [0.05, 0.1) is 0 Å². The van der Waals surface area contributed by atoms with Gasteiger partial charge in [-0.25, -0.2) is 0 Å². The van der Waals surface area contributed by atoms with Gasteiger partial charge < -0.3 is 10.6 Å². The van der Waals surface area contributed by atoms with E-state index in [1.165, 1.54) is 0 Å². The molecule has 1 amide bonds. The topological polar surface area (TPSA) is 46.3 Å². The van der Waals surface area contributed by atoms with Gasteiger partial charge in [-0.2, -0.15) is 0 Å². The number of amides is 1. The third-order valence-electron chi connectivity index (χ3n) is 2.59. The first-order chi connectivity index (χ1) is 6.78. The summed E-state index contributed by atoms with van der Waals surface area (Å²) in [5.74, 6) is 0.268. The highest BCUT2D eigenvalue weighted by molar-refractivity contribution is 5.78. The highest BCUT2D eigenvalue weighted by Crippen LogP contribution is 2.19. The van der Waals surface area contributed by atoms with Crippen molar-refractivity contribution in [2.75, 3.05) is 20.1 Å². The lowest BCUT2D eigenvalue weighted by molar-refractivity contribution is -0.134. The number of carbonyl (C=O) groups excluding carboxylic acids is 1. The summed E-state index contributed by atoms with van der Waals surface area (Å²) in [6.45, 7) is 9.93. The maximum absolute atomic E-state index is 11.8. The Hall–Kier alpha value is -0.570. The Morgan fingerprint density at radius 2 is 1.93 bits per heavy atom. The first-order valence-corrected chi connectivity index (χ1v) is 5.73. The van der Waals surface area contributed by atoms with Gasteiger partial charge in [-0.1, -0.05) is 27.7 Å². The average Bonchev–Trinajstić information content (AvgIpc) is 2.12. The van der Waals surface area contributed by atoms with Crippen LogP contribution >= 0.6 is 0 Å². The molecule has 0 aliphatic carbocycles. The van der Waals surface area contributed by atoms with E-state index in [2.05, 4.69) is 20.8 Å². The predicted octanol–water partition coefficient (Wildman–Crippen LogP) is 1.87. The van der Waals surface area contributed by atoms with Crippen LogP contribution in [0.4, 0.5) is 0 Å². The Morgan fingerprint density at radius 3 is 2.33 bits per heavy atom. The summed E-state index contributed by atoms with van der Waals surface area (Å²) in [6, 6.07) is 0. The van der Waals surface area contributed by atoms with Crippen molar-refractivity contribution in [1.82, 2.24) is 4.90 Å². The quantitative estimate of drug-likeness (QED) is 0.759. The van der Waals surface area contributed by atoms with Gasteiger partial charge >= 0.3 is 0 Å². The van der Waals surface area contributed by atoms with Crippen molar-refractivity contribution in [3.05, 3.63) is 0 Å². The molecule has 0 aromatic rings. The molecule has 0 spiro atoms. The van der Waals surface area contributed by atoms with Crippen LogP contribution in [0, 0.1) is 11.3 Å². The predicted molar refractivity (Wildman–Crippen MR) is 64.5 cm³/mol. The van der Waals surface area contributed by atoms with Gasteiger partial charge in [-0.3, -0.25) is 4.79 Å². The van der Waals surface area contributed by atoms with E-state index in [4.69, 9.17) is 5.73 Å². The molecular weight excluding hydrogens is 188 g/mol. The zero-order valence-electron chi connectivity index (χ0n) is 10.8. The average molecular weight is 214 g/mol. The number of hydrogen-bond donors (Lipinski definition) is 1. The van der Waals surface area contributed by atoms with Crippen LogP contribution in [-0.2, 0) is 4.79 Å². The first-order valence-electron chi connectivity index (χ1n) is 5.73. The van der Waals surface area contributed by atoms with Gasteiger partial charge in [-0.15, -0.1) is 0 Å². The minimum absolute atomic E-state index is 0.0555. The summed E-state index contributed by atoms with van der Waals surface area (Å²) in [6.07, 6.45) is 1.81. The normalized spacial score (nSPS) is 13.7. The Morgan fingerprint density at radius 1 is 1.40 bits per heavy atom. The maximum atomic E-state index is 11.8. The molecule has 1 atom stereocenters. The molecular formula is C12H26N2O. The third-order valence-corrected chi connectivity index (χ3v) is 2.59. The maximum Gasteiger partial charge on any atom is 0.225 e. The third kappa shape index (κ3) is 6.50. The first kappa shape index (κ1) is 14.4. The lowest BCUT2D eigenvalue weighted by Gasteiger charge is -2.25. The summed E-state index contributed by atoms with van der Waals surface area (Å²) in [7, 11) is 1.88. The van der Waals surface area contributed by atoms with Crippen molar-refractivity contribution in [2.45, 2.75) is 40.5 Å². The van der Waals surface area contributed by atoms with E-state index in [0.717, 1.165) is 19.4 Å². The van der Waals surface area contributed by atoms with Crippen LogP contribution in [0.25, 0.3) is 0 Å². The van der Waals surface area contributed by atoms with Gasteiger partial charge in [-0.05, 0) is 24.8 Å². The fourth-order valence-electron chi connectivity index (χ4n) is 1.36. The molecule has 0 heterocycles. The second-order valence-corrected chi connectivity index (χ2v) is 5.55. The van der Waals surface area contributed by atoms with Crippen molar-refractivity contribution in [2.24, 2.45) is 17.1 Å². The minimum atomic E-state index is 0.0555. The van der Waals surface area contributed by atoms with Crippen molar-refractivity contribution in [3.63, 3.8) is 0 Å².